The van der Waals surface area contributed by atoms with Gasteiger partial charge in [0, 0.05) is 45.0 Å². The summed E-state index contributed by atoms with van der Waals surface area (Å²) in [4.78, 5) is 2.58. The highest BCUT2D eigenvalue weighted by molar-refractivity contribution is 5.07. The van der Waals surface area contributed by atoms with E-state index < -0.39 is 0 Å². The second kappa shape index (κ2) is 3.86. The minimum absolute atomic E-state index is 0.509. The molecule has 0 aromatic carbocycles. The molecule has 4 heteroatoms. The monoisotopic (exact) mass is 221 g/mol. The van der Waals surface area contributed by atoms with Gasteiger partial charge in [-0.25, -0.2) is 0 Å². The molecule has 0 amide bonds. The Morgan fingerprint density at radius 2 is 2.38 bits per heavy atom. The molecule has 2 heterocycles. The largest absolute Gasteiger partial charge is 0.381 e. The lowest BCUT2D eigenvalue weighted by molar-refractivity contribution is 0.0309. The van der Waals surface area contributed by atoms with Gasteiger partial charge in [0.15, 0.2) is 0 Å². The minimum Gasteiger partial charge on any atom is -0.381 e. The second-order valence-corrected chi connectivity index (χ2v) is 5.11. The van der Waals surface area contributed by atoms with Gasteiger partial charge in [0.1, 0.15) is 0 Å². The number of hydrogen-bond acceptors (Lipinski definition) is 3. The van der Waals surface area contributed by atoms with Gasteiger partial charge in [0.05, 0.1) is 12.3 Å². The lowest BCUT2D eigenvalue weighted by Gasteiger charge is -2.30. The molecule has 1 aliphatic heterocycles. The van der Waals surface area contributed by atoms with Crippen LogP contribution in [0.3, 0.4) is 0 Å². The molecular weight excluding hydrogens is 202 g/mol. The highest BCUT2D eigenvalue weighted by Crippen LogP contribution is 2.39. The molecule has 16 heavy (non-hydrogen) atoms. The zero-order chi connectivity index (χ0) is 11.1. The maximum atomic E-state index is 5.50. The first kappa shape index (κ1) is 10.3. The number of methoxy groups -OCH3 is 1. The van der Waals surface area contributed by atoms with Crippen molar-refractivity contribution in [3.05, 3.63) is 18.0 Å². The molecule has 1 aromatic heterocycles. The van der Waals surface area contributed by atoms with Gasteiger partial charge in [-0.15, -0.1) is 0 Å². The second-order valence-electron chi connectivity index (χ2n) is 5.11. The van der Waals surface area contributed by atoms with Crippen molar-refractivity contribution in [1.29, 1.82) is 0 Å². The molecule has 1 aliphatic carbocycles. The summed E-state index contributed by atoms with van der Waals surface area (Å²) in [6.45, 7) is 2.24. The van der Waals surface area contributed by atoms with Gasteiger partial charge in [-0.1, -0.05) is 0 Å². The van der Waals surface area contributed by atoms with Gasteiger partial charge in [0.2, 0.25) is 0 Å². The maximum Gasteiger partial charge on any atom is 0.0627 e. The Labute approximate surface area is 96.2 Å². The molecule has 3 rings (SSSR count). The van der Waals surface area contributed by atoms with Crippen LogP contribution in [-0.4, -0.2) is 40.5 Å². The minimum atomic E-state index is 0.509. The van der Waals surface area contributed by atoms with E-state index in [1.54, 1.807) is 0 Å². The SMILES string of the molecule is COC1CC2CC1CN2Cc1cnn(C)c1. The number of rotatable bonds is 3. The van der Waals surface area contributed by atoms with Gasteiger partial charge in [-0.2, -0.15) is 5.10 Å². The zero-order valence-corrected chi connectivity index (χ0v) is 9.97. The summed E-state index contributed by atoms with van der Waals surface area (Å²) in [6, 6.07) is 0.732. The fraction of sp³-hybridized carbons (Fsp3) is 0.750. The van der Waals surface area contributed by atoms with E-state index in [2.05, 4.69) is 16.2 Å². The van der Waals surface area contributed by atoms with Crippen LogP contribution in [-0.2, 0) is 18.3 Å². The number of aromatic nitrogens is 2. The van der Waals surface area contributed by atoms with E-state index >= 15 is 0 Å². The normalized spacial score (nSPS) is 33.8. The number of nitrogens with zero attached hydrogens (tertiary/aromatic N) is 3. The van der Waals surface area contributed by atoms with Crippen LogP contribution in [0.25, 0.3) is 0 Å². The molecule has 0 radical (unpaired) electrons. The van der Waals surface area contributed by atoms with Crippen LogP contribution in [0, 0.1) is 5.92 Å². The quantitative estimate of drug-likeness (QED) is 0.763. The van der Waals surface area contributed by atoms with E-state index in [1.165, 1.54) is 24.9 Å². The standard InChI is InChI=1S/C12H19N3O/c1-14-6-9(5-13-14)7-15-8-10-3-11(15)4-12(10)16-2/h5-6,10-12H,3-4,7-8H2,1-2H3. The third-order valence-electron chi connectivity index (χ3n) is 4.04. The zero-order valence-electron chi connectivity index (χ0n) is 9.97. The first-order valence-electron chi connectivity index (χ1n) is 6.00. The van der Waals surface area contributed by atoms with E-state index in [0.717, 1.165) is 18.5 Å². The average Bonchev–Trinajstić information content (AvgIpc) is 2.93. The van der Waals surface area contributed by atoms with Gasteiger partial charge >= 0.3 is 0 Å². The van der Waals surface area contributed by atoms with Crippen molar-refractivity contribution in [1.82, 2.24) is 14.7 Å². The number of hydrogen-bond donors (Lipinski definition) is 0. The van der Waals surface area contributed by atoms with Crippen LogP contribution in [0.15, 0.2) is 12.4 Å². The Bertz CT molecular complexity index is 376. The first-order valence-corrected chi connectivity index (χ1v) is 6.00. The third-order valence-corrected chi connectivity index (χ3v) is 4.04. The molecular formula is C12H19N3O. The van der Waals surface area contributed by atoms with Crippen LogP contribution >= 0.6 is 0 Å². The van der Waals surface area contributed by atoms with Crippen molar-refractivity contribution in [2.75, 3.05) is 13.7 Å². The Morgan fingerprint density at radius 1 is 1.50 bits per heavy atom. The summed E-state index contributed by atoms with van der Waals surface area (Å²) in [5.41, 5.74) is 1.32. The molecule has 2 fully saturated rings. The number of fused-ring (bicyclic) bond motifs is 2. The number of piperidine rings is 1. The number of aryl methyl sites for hydroxylation is 1. The van der Waals surface area contributed by atoms with Gasteiger partial charge < -0.3 is 4.74 Å². The third kappa shape index (κ3) is 1.66. The molecule has 0 spiro atoms. The number of likely N-dealkylation sites (tertiary alicyclic amines) is 1. The predicted molar refractivity (Wildman–Crippen MR) is 60.9 cm³/mol. The molecule has 4 nitrogen and oxygen atoms in total. The van der Waals surface area contributed by atoms with E-state index in [0.29, 0.717) is 6.10 Å². The van der Waals surface area contributed by atoms with Gasteiger partial charge in [-0.3, -0.25) is 9.58 Å². The fourth-order valence-corrected chi connectivity index (χ4v) is 3.27. The summed E-state index contributed by atoms with van der Waals surface area (Å²) in [7, 11) is 3.82. The molecule has 1 saturated carbocycles. The highest BCUT2D eigenvalue weighted by atomic mass is 16.5. The van der Waals surface area contributed by atoms with E-state index in [4.69, 9.17) is 4.74 Å². The lowest BCUT2D eigenvalue weighted by atomic mass is 10.1. The molecule has 1 saturated heterocycles. The first-order chi connectivity index (χ1) is 7.76. The summed E-state index contributed by atoms with van der Waals surface area (Å²) < 4.78 is 7.38. The van der Waals surface area contributed by atoms with Crippen molar-refractivity contribution in [2.45, 2.75) is 31.5 Å². The van der Waals surface area contributed by atoms with Crippen LogP contribution in [0.2, 0.25) is 0 Å². The Morgan fingerprint density at radius 3 is 2.94 bits per heavy atom. The topological polar surface area (TPSA) is 30.3 Å². The van der Waals surface area contributed by atoms with Crippen molar-refractivity contribution in [2.24, 2.45) is 13.0 Å². The average molecular weight is 221 g/mol. The maximum absolute atomic E-state index is 5.50. The lowest BCUT2D eigenvalue weighted by Crippen LogP contribution is -2.37. The Kier molecular flexibility index (Phi) is 2.48. The van der Waals surface area contributed by atoms with Crippen molar-refractivity contribution in [3.8, 4) is 0 Å². The fourth-order valence-electron chi connectivity index (χ4n) is 3.27. The predicted octanol–water partition coefficient (Wildman–Crippen LogP) is 1.03. The molecule has 2 bridgehead atoms. The summed E-state index contributed by atoms with van der Waals surface area (Å²) >= 11 is 0. The summed E-state index contributed by atoms with van der Waals surface area (Å²) in [5.74, 6) is 0.756. The molecule has 1 aromatic rings. The van der Waals surface area contributed by atoms with Crippen molar-refractivity contribution in [3.63, 3.8) is 0 Å². The molecule has 3 unspecified atom stereocenters. The van der Waals surface area contributed by atoms with Gasteiger partial charge in [-0.05, 0) is 18.8 Å². The Balaban J connectivity index is 1.63. The molecule has 2 aliphatic rings. The van der Waals surface area contributed by atoms with Crippen LogP contribution < -0.4 is 0 Å². The van der Waals surface area contributed by atoms with Crippen molar-refractivity contribution < 1.29 is 4.74 Å². The smallest absolute Gasteiger partial charge is 0.0627 e. The van der Waals surface area contributed by atoms with Crippen LogP contribution in [0.4, 0.5) is 0 Å². The molecule has 3 atom stereocenters. The van der Waals surface area contributed by atoms with E-state index in [1.807, 2.05) is 25.0 Å². The van der Waals surface area contributed by atoms with E-state index in [9.17, 15) is 0 Å². The summed E-state index contributed by atoms with van der Waals surface area (Å²) in [5, 5.41) is 4.22. The van der Waals surface area contributed by atoms with Gasteiger partial charge in [0.25, 0.3) is 0 Å². The van der Waals surface area contributed by atoms with Crippen molar-refractivity contribution >= 4 is 0 Å². The van der Waals surface area contributed by atoms with E-state index in [-0.39, 0.29) is 0 Å². The van der Waals surface area contributed by atoms with Crippen LogP contribution in [0.1, 0.15) is 18.4 Å². The Hall–Kier alpha value is -0.870. The number of ether oxygens (including phenoxy) is 1. The molecule has 0 N–H and O–H groups in total. The molecule has 88 valence electrons. The highest BCUT2D eigenvalue weighted by Gasteiger charge is 2.44. The van der Waals surface area contributed by atoms with Crippen LogP contribution in [0.5, 0.6) is 0 Å². The summed E-state index contributed by atoms with van der Waals surface area (Å²) in [6.07, 6.45) is 7.12.